The Bertz CT molecular complexity index is 882. The lowest BCUT2D eigenvalue weighted by molar-refractivity contribution is 0.0595. The van der Waals surface area contributed by atoms with Crippen molar-refractivity contribution < 1.29 is 14.3 Å². The van der Waals surface area contributed by atoms with Crippen LogP contribution in [0.15, 0.2) is 60.8 Å². The topological polar surface area (TPSA) is 87.3 Å². The molecule has 0 unspecified atom stereocenters. The van der Waals surface area contributed by atoms with Crippen molar-refractivity contribution in [2.45, 2.75) is 6.61 Å². The smallest absolute Gasteiger partial charge is 0.360 e. The number of esters is 1. The van der Waals surface area contributed by atoms with E-state index in [0.717, 1.165) is 11.1 Å². The summed E-state index contributed by atoms with van der Waals surface area (Å²) in [5.74, 6) is 0.0362. The first kappa shape index (κ1) is 16.4. The molecule has 2 N–H and O–H groups in total. The van der Waals surface area contributed by atoms with Gasteiger partial charge in [0.1, 0.15) is 12.4 Å². The van der Waals surface area contributed by atoms with Crippen LogP contribution in [-0.2, 0) is 11.3 Å². The Labute approximate surface area is 145 Å². The van der Waals surface area contributed by atoms with Crippen molar-refractivity contribution in [2.24, 2.45) is 0 Å². The van der Waals surface area contributed by atoms with E-state index < -0.39 is 5.97 Å². The Balaban J connectivity index is 1.92. The lowest BCUT2D eigenvalue weighted by Gasteiger charge is -2.12. The van der Waals surface area contributed by atoms with Gasteiger partial charge in [0.25, 0.3) is 0 Å². The van der Waals surface area contributed by atoms with Crippen molar-refractivity contribution in [3.05, 3.63) is 72.1 Å². The number of nitrogens with zero attached hydrogens (tertiary/aromatic N) is 2. The maximum absolute atomic E-state index is 11.8. The van der Waals surface area contributed by atoms with Crippen molar-refractivity contribution in [1.29, 1.82) is 0 Å². The minimum absolute atomic E-state index is 0.0159. The highest BCUT2D eigenvalue weighted by atomic mass is 16.5. The summed E-state index contributed by atoms with van der Waals surface area (Å²) in [5.41, 5.74) is 7.95. The lowest BCUT2D eigenvalue weighted by Crippen LogP contribution is -2.10. The highest BCUT2D eigenvalue weighted by Crippen LogP contribution is 2.29. The van der Waals surface area contributed by atoms with Crippen molar-refractivity contribution in [1.82, 2.24) is 9.97 Å². The van der Waals surface area contributed by atoms with Gasteiger partial charge in [0.15, 0.2) is 11.5 Å². The van der Waals surface area contributed by atoms with Crippen LogP contribution in [0.5, 0.6) is 5.75 Å². The van der Waals surface area contributed by atoms with E-state index in [1.54, 1.807) is 0 Å². The van der Waals surface area contributed by atoms with Gasteiger partial charge >= 0.3 is 5.97 Å². The summed E-state index contributed by atoms with van der Waals surface area (Å²) in [6.45, 7) is 0.421. The monoisotopic (exact) mass is 335 g/mol. The fourth-order valence-electron chi connectivity index (χ4n) is 2.31. The van der Waals surface area contributed by atoms with E-state index in [1.165, 1.54) is 13.3 Å². The zero-order valence-electron chi connectivity index (χ0n) is 13.7. The van der Waals surface area contributed by atoms with Gasteiger partial charge in [-0.25, -0.2) is 14.8 Å². The van der Waals surface area contributed by atoms with Crippen LogP contribution in [0.25, 0.3) is 11.3 Å². The van der Waals surface area contributed by atoms with Gasteiger partial charge in [0.05, 0.1) is 19.0 Å². The number of anilines is 1. The zero-order chi connectivity index (χ0) is 17.6. The number of para-hydroxylation sites is 1. The second kappa shape index (κ2) is 7.44. The van der Waals surface area contributed by atoms with E-state index >= 15 is 0 Å². The van der Waals surface area contributed by atoms with Gasteiger partial charge in [-0.2, -0.15) is 0 Å². The molecule has 0 aliphatic heterocycles. The molecule has 3 aromatic rings. The second-order valence-electron chi connectivity index (χ2n) is 5.25. The molecule has 3 rings (SSSR count). The number of nitrogens with two attached hydrogens (primary N) is 1. The van der Waals surface area contributed by atoms with E-state index in [9.17, 15) is 4.79 Å². The van der Waals surface area contributed by atoms with Crippen molar-refractivity contribution >= 4 is 11.8 Å². The summed E-state index contributed by atoms with van der Waals surface area (Å²) in [6.07, 6.45) is 1.51. The quantitative estimate of drug-likeness (QED) is 0.721. The van der Waals surface area contributed by atoms with Gasteiger partial charge in [-0.05, 0) is 17.7 Å². The first-order valence-corrected chi connectivity index (χ1v) is 7.66. The summed E-state index contributed by atoms with van der Waals surface area (Å²) in [6, 6.07) is 17.3. The molecule has 0 spiro atoms. The predicted molar refractivity (Wildman–Crippen MR) is 94.0 cm³/mol. The molecule has 0 amide bonds. The third-order valence-electron chi connectivity index (χ3n) is 3.58. The molecule has 1 aromatic heterocycles. The highest BCUT2D eigenvalue weighted by Gasteiger charge is 2.16. The van der Waals surface area contributed by atoms with Gasteiger partial charge in [-0.1, -0.05) is 42.5 Å². The number of methoxy groups -OCH3 is 1. The van der Waals surface area contributed by atoms with Gasteiger partial charge in [0, 0.05) is 5.56 Å². The molecular weight excluding hydrogens is 318 g/mol. The van der Waals surface area contributed by atoms with Crippen molar-refractivity contribution in [2.75, 3.05) is 12.8 Å². The molecule has 0 radical (unpaired) electrons. The highest BCUT2D eigenvalue weighted by molar-refractivity contribution is 5.92. The van der Waals surface area contributed by atoms with Gasteiger partial charge in [-0.3, -0.25) is 0 Å². The largest absolute Gasteiger partial charge is 0.488 e. The van der Waals surface area contributed by atoms with Crippen LogP contribution in [-0.4, -0.2) is 23.0 Å². The van der Waals surface area contributed by atoms with Crippen LogP contribution in [0.1, 0.15) is 16.1 Å². The van der Waals surface area contributed by atoms with E-state index in [0.29, 0.717) is 18.1 Å². The van der Waals surface area contributed by atoms with Gasteiger partial charge in [0.2, 0.25) is 0 Å². The number of nitrogen functional groups attached to an aromatic ring is 1. The number of hydrogen-bond acceptors (Lipinski definition) is 6. The molecule has 126 valence electrons. The standard InChI is InChI=1S/C19H17N3O3/c1-24-19(23)17-18(20)21-11-15(22-17)14-9-5-6-10-16(14)25-12-13-7-3-2-4-8-13/h2-11H,12H2,1H3,(H2,20,21). The first-order valence-electron chi connectivity index (χ1n) is 7.66. The zero-order valence-corrected chi connectivity index (χ0v) is 13.7. The molecule has 0 atom stereocenters. The first-order chi connectivity index (χ1) is 12.2. The van der Waals surface area contributed by atoms with Gasteiger partial charge in [-0.15, -0.1) is 0 Å². The maximum Gasteiger partial charge on any atom is 0.360 e. The Hall–Kier alpha value is -3.41. The molecule has 0 bridgehead atoms. The second-order valence-corrected chi connectivity index (χ2v) is 5.25. The summed E-state index contributed by atoms with van der Waals surface area (Å²) < 4.78 is 10.6. The number of benzene rings is 2. The molecule has 2 aromatic carbocycles. The summed E-state index contributed by atoms with van der Waals surface area (Å²) >= 11 is 0. The normalized spacial score (nSPS) is 10.3. The van der Waals surface area contributed by atoms with Gasteiger partial charge < -0.3 is 15.2 Å². The van der Waals surface area contributed by atoms with Crippen LogP contribution in [0, 0.1) is 0 Å². The Morgan fingerprint density at radius 1 is 1.08 bits per heavy atom. The summed E-state index contributed by atoms with van der Waals surface area (Å²) in [5, 5.41) is 0. The number of carbonyl (C=O) groups excluding carboxylic acids is 1. The van der Waals surface area contributed by atoms with E-state index in [-0.39, 0.29) is 11.5 Å². The van der Waals surface area contributed by atoms with Crippen LogP contribution in [0.4, 0.5) is 5.82 Å². The molecule has 0 fully saturated rings. The summed E-state index contributed by atoms with van der Waals surface area (Å²) in [4.78, 5) is 20.1. The fourth-order valence-corrected chi connectivity index (χ4v) is 2.31. The van der Waals surface area contributed by atoms with E-state index in [2.05, 4.69) is 9.97 Å². The number of rotatable bonds is 5. The molecule has 0 aliphatic rings. The number of hydrogen-bond donors (Lipinski definition) is 1. The van der Waals surface area contributed by atoms with Crippen LogP contribution in [0.2, 0.25) is 0 Å². The number of carbonyl (C=O) groups is 1. The van der Waals surface area contributed by atoms with E-state index in [1.807, 2.05) is 54.6 Å². The molecule has 0 saturated heterocycles. The Kier molecular flexibility index (Phi) is 4.89. The minimum Gasteiger partial charge on any atom is -0.488 e. The average Bonchev–Trinajstić information content (AvgIpc) is 2.67. The number of ether oxygens (including phenoxy) is 2. The summed E-state index contributed by atoms with van der Waals surface area (Å²) in [7, 11) is 1.27. The van der Waals surface area contributed by atoms with Crippen molar-refractivity contribution in [3.8, 4) is 17.0 Å². The maximum atomic E-state index is 11.8. The fraction of sp³-hybridized carbons (Fsp3) is 0.105. The Morgan fingerprint density at radius 2 is 1.80 bits per heavy atom. The molecule has 0 aliphatic carbocycles. The minimum atomic E-state index is -0.630. The Morgan fingerprint density at radius 3 is 2.56 bits per heavy atom. The SMILES string of the molecule is COC(=O)c1nc(-c2ccccc2OCc2ccccc2)cnc1N. The molecule has 6 nitrogen and oxygen atoms in total. The molecule has 0 saturated carbocycles. The molecular formula is C19H17N3O3. The van der Waals surface area contributed by atoms with Crippen molar-refractivity contribution in [3.63, 3.8) is 0 Å². The third-order valence-corrected chi connectivity index (χ3v) is 3.58. The number of aromatic nitrogens is 2. The van der Waals surface area contributed by atoms with E-state index in [4.69, 9.17) is 15.2 Å². The molecule has 6 heteroatoms. The van der Waals surface area contributed by atoms with Crippen LogP contribution in [0.3, 0.4) is 0 Å². The lowest BCUT2D eigenvalue weighted by atomic mass is 10.1. The van der Waals surface area contributed by atoms with Crippen LogP contribution >= 0.6 is 0 Å². The van der Waals surface area contributed by atoms with Crippen LogP contribution < -0.4 is 10.5 Å². The predicted octanol–water partition coefficient (Wildman–Crippen LogP) is 3.09. The third kappa shape index (κ3) is 3.74. The molecule has 25 heavy (non-hydrogen) atoms. The molecule has 1 heterocycles. The average molecular weight is 335 g/mol.